The number of thiazole rings is 1. The zero-order chi connectivity index (χ0) is 18.0. The zero-order valence-corrected chi connectivity index (χ0v) is 15.9. The predicted octanol–water partition coefficient (Wildman–Crippen LogP) is 5.29. The summed E-state index contributed by atoms with van der Waals surface area (Å²) in [6, 6.07) is 5.19. The van der Waals surface area contributed by atoms with Gasteiger partial charge in [0.15, 0.2) is 5.13 Å². The van der Waals surface area contributed by atoms with Crippen LogP contribution in [0.25, 0.3) is 11.3 Å². The number of carbonyl (C=O) groups is 1. The third-order valence-electron chi connectivity index (χ3n) is 3.74. The molecular formula is C17H15Cl2N3O2S. The van der Waals surface area contributed by atoms with Crippen LogP contribution in [0.5, 0.6) is 0 Å². The van der Waals surface area contributed by atoms with Crippen molar-refractivity contribution >= 4 is 45.6 Å². The monoisotopic (exact) mass is 395 g/mol. The first-order chi connectivity index (χ1) is 11.9. The lowest BCUT2D eigenvalue weighted by molar-refractivity contribution is -0.116. The fraction of sp³-hybridized carbons (Fsp3) is 0.235. The van der Waals surface area contributed by atoms with Gasteiger partial charge in [0.05, 0.1) is 16.4 Å². The van der Waals surface area contributed by atoms with Crippen LogP contribution >= 0.6 is 34.5 Å². The second-order valence-electron chi connectivity index (χ2n) is 5.51. The second kappa shape index (κ2) is 7.56. The molecule has 3 rings (SSSR count). The molecule has 0 spiro atoms. The molecule has 0 fully saturated rings. The second-order valence-corrected chi connectivity index (χ2v) is 7.21. The van der Waals surface area contributed by atoms with E-state index in [1.807, 2.05) is 19.2 Å². The van der Waals surface area contributed by atoms with Gasteiger partial charge >= 0.3 is 0 Å². The van der Waals surface area contributed by atoms with E-state index in [0.29, 0.717) is 33.7 Å². The number of rotatable bonds is 5. The van der Waals surface area contributed by atoms with Crippen LogP contribution in [0, 0.1) is 13.8 Å². The van der Waals surface area contributed by atoms with E-state index in [1.54, 1.807) is 18.2 Å². The van der Waals surface area contributed by atoms with E-state index >= 15 is 0 Å². The summed E-state index contributed by atoms with van der Waals surface area (Å²) >= 11 is 13.5. The number of nitrogens with zero attached hydrogens (tertiary/aromatic N) is 2. The Morgan fingerprint density at radius 1 is 1.32 bits per heavy atom. The van der Waals surface area contributed by atoms with Gasteiger partial charge in [0, 0.05) is 28.0 Å². The molecule has 0 atom stereocenters. The van der Waals surface area contributed by atoms with Crippen molar-refractivity contribution < 1.29 is 9.32 Å². The molecule has 1 amide bonds. The molecule has 0 unspecified atom stereocenters. The summed E-state index contributed by atoms with van der Waals surface area (Å²) in [5.74, 6) is 0.635. The van der Waals surface area contributed by atoms with Gasteiger partial charge in [-0.2, -0.15) is 0 Å². The Labute approximate surface area is 159 Å². The van der Waals surface area contributed by atoms with Gasteiger partial charge < -0.3 is 9.84 Å². The lowest BCUT2D eigenvalue weighted by atomic mass is 10.1. The van der Waals surface area contributed by atoms with Gasteiger partial charge in [-0.15, -0.1) is 11.3 Å². The highest BCUT2D eigenvalue weighted by Gasteiger charge is 2.13. The molecule has 130 valence electrons. The molecule has 2 heterocycles. The van der Waals surface area contributed by atoms with Crippen molar-refractivity contribution in [1.29, 1.82) is 0 Å². The Morgan fingerprint density at radius 3 is 2.84 bits per heavy atom. The maximum atomic E-state index is 12.2. The Hall–Kier alpha value is -1.89. The van der Waals surface area contributed by atoms with Gasteiger partial charge in [-0.3, -0.25) is 4.79 Å². The van der Waals surface area contributed by atoms with Crippen LogP contribution in [-0.2, 0) is 11.2 Å². The summed E-state index contributed by atoms with van der Waals surface area (Å²) in [5, 5.41) is 10.2. The first kappa shape index (κ1) is 17.9. The van der Waals surface area contributed by atoms with Crippen molar-refractivity contribution in [3.05, 3.63) is 50.6 Å². The summed E-state index contributed by atoms with van der Waals surface area (Å²) in [6.07, 6.45) is 0.904. The summed E-state index contributed by atoms with van der Waals surface area (Å²) in [4.78, 5) is 16.6. The number of benzene rings is 1. The van der Waals surface area contributed by atoms with E-state index in [0.717, 1.165) is 22.6 Å². The molecule has 25 heavy (non-hydrogen) atoms. The number of halogens is 2. The molecular weight excluding hydrogens is 381 g/mol. The topological polar surface area (TPSA) is 68.0 Å². The number of aryl methyl sites for hydroxylation is 2. The molecule has 0 aliphatic heterocycles. The van der Waals surface area contributed by atoms with E-state index in [1.165, 1.54) is 11.3 Å². The number of hydrogen-bond acceptors (Lipinski definition) is 5. The first-order valence-corrected chi connectivity index (χ1v) is 9.20. The van der Waals surface area contributed by atoms with Gasteiger partial charge in [0.2, 0.25) is 5.91 Å². The molecule has 0 saturated heterocycles. The van der Waals surface area contributed by atoms with Crippen LogP contribution in [0.3, 0.4) is 0 Å². The van der Waals surface area contributed by atoms with Crippen LogP contribution in [-0.4, -0.2) is 16.0 Å². The Kier molecular flexibility index (Phi) is 5.42. The van der Waals surface area contributed by atoms with E-state index in [9.17, 15) is 4.79 Å². The SMILES string of the molecule is Cc1noc(C)c1CCC(=O)Nc1nc(-c2cc(Cl)ccc2Cl)cs1. The van der Waals surface area contributed by atoms with Crippen molar-refractivity contribution in [2.75, 3.05) is 5.32 Å². The summed E-state index contributed by atoms with van der Waals surface area (Å²) in [5.41, 5.74) is 3.21. The molecule has 0 bridgehead atoms. The van der Waals surface area contributed by atoms with E-state index < -0.39 is 0 Å². The number of anilines is 1. The lowest BCUT2D eigenvalue weighted by Crippen LogP contribution is -2.12. The molecule has 3 aromatic rings. The number of carbonyl (C=O) groups excluding carboxylic acids is 1. The van der Waals surface area contributed by atoms with Crippen LogP contribution < -0.4 is 5.32 Å². The Morgan fingerprint density at radius 2 is 2.12 bits per heavy atom. The predicted molar refractivity (Wildman–Crippen MR) is 100 cm³/mol. The summed E-state index contributed by atoms with van der Waals surface area (Å²) < 4.78 is 5.10. The molecule has 0 saturated carbocycles. The number of hydrogen-bond donors (Lipinski definition) is 1. The van der Waals surface area contributed by atoms with Crippen molar-refractivity contribution in [2.24, 2.45) is 0 Å². The quantitative estimate of drug-likeness (QED) is 0.636. The average molecular weight is 396 g/mol. The molecule has 5 nitrogen and oxygen atoms in total. The highest BCUT2D eigenvalue weighted by atomic mass is 35.5. The van der Waals surface area contributed by atoms with Crippen molar-refractivity contribution in [3.63, 3.8) is 0 Å². The minimum Gasteiger partial charge on any atom is -0.361 e. The number of nitrogens with one attached hydrogen (secondary N) is 1. The van der Waals surface area contributed by atoms with Gasteiger partial charge in [0.25, 0.3) is 0 Å². The smallest absolute Gasteiger partial charge is 0.226 e. The van der Waals surface area contributed by atoms with E-state index in [2.05, 4.69) is 15.5 Å². The van der Waals surface area contributed by atoms with Crippen LogP contribution in [0.1, 0.15) is 23.4 Å². The maximum Gasteiger partial charge on any atom is 0.226 e. The van der Waals surface area contributed by atoms with Gasteiger partial charge in [-0.25, -0.2) is 4.98 Å². The van der Waals surface area contributed by atoms with Crippen LogP contribution in [0.2, 0.25) is 10.0 Å². The van der Waals surface area contributed by atoms with E-state index in [4.69, 9.17) is 27.7 Å². The molecule has 2 aromatic heterocycles. The highest BCUT2D eigenvalue weighted by molar-refractivity contribution is 7.14. The average Bonchev–Trinajstić information content (AvgIpc) is 3.15. The standard InChI is InChI=1S/C17H15Cl2N3O2S/c1-9-12(10(2)24-22-9)4-6-16(23)21-17-20-15(8-25-17)13-7-11(18)3-5-14(13)19/h3,5,7-8H,4,6H2,1-2H3,(H,20,21,23). The van der Waals surface area contributed by atoms with Gasteiger partial charge in [-0.1, -0.05) is 28.4 Å². The highest BCUT2D eigenvalue weighted by Crippen LogP contribution is 2.32. The zero-order valence-electron chi connectivity index (χ0n) is 13.6. The number of amides is 1. The van der Waals surface area contributed by atoms with Crippen molar-refractivity contribution in [3.8, 4) is 11.3 Å². The third kappa shape index (κ3) is 4.21. The number of aromatic nitrogens is 2. The van der Waals surface area contributed by atoms with Gasteiger partial charge in [-0.05, 0) is 38.5 Å². The normalized spacial score (nSPS) is 10.9. The van der Waals surface area contributed by atoms with E-state index in [-0.39, 0.29) is 5.91 Å². The fourth-order valence-corrected chi connectivity index (χ4v) is 3.54. The molecule has 0 radical (unpaired) electrons. The lowest BCUT2D eigenvalue weighted by Gasteiger charge is -2.03. The van der Waals surface area contributed by atoms with Gasteiger partial charge in [0.1, 0.15) is 5.76 Å². The van der Waals surface area contributed by atoms with Crippen molar-refractivity contribution in [1.82, 2.24) is 10.1 Å². The van der Waals surface area contributed by atoms with Crippen LogP contribution in [0.15, 0.2) is 28.1 Å². The molecule has 8 heteroatoms. The Balaban J connectivity index is 1.65. The maximum absolute atomic E-state index is 12.2. The summed E-state index contributed by atoms with van der Waals surface area (Å²) in [6.45, 7) is 3.71. The minimum absolute atomic E-state index is 0.113. The minimum atomic E-state index is -0.113. The Bertz CT molecular complexity index is 901. The first-order valence-electron chi connectivity index (χ1n) is 7.56. The van der Waals surface area contributed by atoms with Crippen LogP contribution in [0.4, 0.5) is 5.13 Å². The molecule has 0 aliphatic rings. The molecule has 1 N–H and O–H groups in total. The summed E-state index contributed by atoms with van der Waals surface area (Å²) in [7, 11) is 0. The third-order valence-corrected chi connectivity index (χ3v) is 5.06. The largest absolute Gasteiger partial charge is 0.361 e. The molecule has 1 aromatic carbocycles. The molecule has 0 aliphatic carbocycles. The fourth-order valence-electron chi connectivity index (χ4n) is 2.43. The van der Waals surface area contributed by atoms with Crippen molar-refractivity contribution in [2.45, 2.75) is 26.7 Å².